The van der Waals surface area contributed by atoms with Crippen molar-refractivity contribution in [3.63, 3.8) is 0 Å². The van der Waals surface area contributed by atoms with Gasteiger partial charge in [-0.2, -0.15) is 0 Å². The highest BCUT2D eigenvalue weighted by atomic mass is 35.5. The summed E-state index contributed by atoms with van der Waals surface area (Å²) < 4.78 is 6.04. The van der Waals surface area contributed by atoms with E-state index in [2.05, 4.69) is 10.1 Å². The Morgan fingerprint density at radius 2 is 2.16 bits per heavy atom. The third-order valence-electron chi connectivity index (χ3n) is 4.10. The Balaban J connectivity index is 2.03. The summed E-state index contributed by atoms with van der Waals surface area (Å²) in [7, 11) is 0. The molecular weight excluding hydrogens is 358 g/mol. The lowest BCUT2D eigenvalue weighted by Crippen LogP contribution is -2.30. The fourth-order valence-corrected chi connectivity index (χ4v) is 3.80. The zero-order valence-electron chi connectivity index (χ0n) is 14.7. The summed E-state index contributed by atoms with van der Waals surface area (Å²) in [6.07, 6.45) is 0. The number of aromatic nitrogens is 2. The van der Waals surface area contributed by atoms with Gasteiger partial charge in [-0.3, -0.25) is 4.79 Å². The first-order valence-corrected chi connectivity index (χ1v) is 9.40. The van der Waals surface area contributed by atoms with Crippen molar-refractivity contribution in [2.45, 2.75) is 40.2 Å². The molecule has 0 spiro atoms. The highest BCUT2D eigenvalue weighted by Crippen LogP contribution is 2.28. The monoisotopic (exact) mass is 377 g/mol. The maximum absolute atomic E-state index is 13.2. The molecule has 3 heterocycles. The lowest BCUT2D eigenvalue weighted by molar-refractivity contribution is 0.0756. The van der Waals surface area contributed by atoms with Crippen molar-refractivity contribution < 1.29 is 9.32 Å². The molecule has 25 heavy (non-hydrogen) atoms. The van der Waals surface area contributed by atoms with Crippen molar-refractivity contribution in [2.24, 2.45) is 0 Å². The van der Waals surface area contributed by atoms with Gasteiger partial charge in [0.15, 0.2) is 0 Å². The van der Waals surface area contributed by atoms with Crippen molar-refractivity contribution in [1.82, 2.24) is 15.0 Å². The first-order chi connectivity index (χ1) is 11.9. The van der Waals surface area contributed by atoms with Gasteiger partial charge in [-0.05, 0) is 38.0 Å². The van der Waals surface area contributed by atoms with E-state index in [1.807, 2.05) is 45.9 Å². The Bertz CT molecular complexity index is 916. The van der Waals surface area contributed by atoms with Crippen molar-refractivity contribution in [1.29, 1.82) is 0 Å². The standard InChI is InChI=1S/C18H20ClN3O2S/c1-5-22(9-12-6-7-15(19)25-12)18(23)13-8-14(10(2)3)20-17-16(13)11(4)21-24-17/h6-8,10H,5,9H2,1-4H3. The van der Waals surface area contributed by atoms with Crippen LogP contribution in [0, 0.1) is 6.92 Å². The second-order valence-electron chi connectivity index (χ2n) is 6.22. The average Bonchev–Trinajstić information content (AvgIpc) is 3.17. The van der Waals surface area contributed by atoms with E-state index in [1.54, 1.807) is 4.90 Å². The van der Waals surface area contributed by atoms with E-state index in [1.165, 1.54) is 11.3 Å². The largest absolute Gasteiger partial charge is 0.336 e. The molecule has 0 unspecified atom stereocenters. The number of carbonyl (C=O) groups is 1. The number of pyridine rings is 1. The smallest absolute Gasteiger partial charge is 0.259 e. The van der Waals surface area contributed by atoms with Crippen LogP contribution in [0.3, 0.4) is 0 Å². The van der Waals surface area contributed by atoms with E-state index in [9.17, 15) is 4.79 Å². The SMILES string of the molecule is CCN(Cc1ccc(Cl)s1)C(=O)c1cc(C(C)C)nc2onc(C)c12. The number of nitrogens with zero attached hydrogens (tertiary/aromatic N) is 3. The van der Waals surface area contributed by atoms with Crippen LogP contribution in [-0.4, -0.2) is 27.5 Å². The summed E-state index contributed by atoms with van der Waals surface area (Å²) in [6, 6.07) is 5.67. The molecule has 3 aromatic rings. The number of halogens is 1. The number of rotatable bonds is 5. The Kier molecular flexibility index (Phi) is 5.11. The van der Waals surface area contributed by atoms with Crippen molar-refractivity contribution in [3.8, 4) is 0 Å². The topological polar surface area (TPSA) is 59.2 Å². The number of carbonyl (C=O) groups excluding carboxylic acids is 1. The molecule has 3 aromatic heterocycles. The first-order valence-electron chi connectivity index (χ1n) is 8.21. The van der Waals surface area contributed by atoms with Gasteiger partial charge in [0.2, 0.25) is 0 Å². The van der Waals surface area contributed by atoms with Gasteiger partial charge < -0.3 is 9.42 Å². The van der Waals surface area contributed by atoms with E-state index >= 15 is 0 Å². The Labute approximate surface area is 155 Å². The van der Waals surface area contributed by atoms with Gasteiger partial charge in [-0.15, -0.1) is 11.3 Å². The van der Waals surface area contributed by atoms with Crippen LogP contribution < -0.4 is 0 Å². The minimum Gasteiger partial charge on any atom is -0.336 e. The number of hydrogen-bond donors (Lipinski definition) is 0. The lowest BCUT2D eigenvalue weighted by atomic mass is 10.0. The van der Waals surface area contributed by atoms with Crippen LogP contribution in [0.1, 0.15) is 53.3 Å². The minimum absolute atomic E-state index is 0.0485. The molecule has 5 nitrogen and oxygen atoms in total. The molecule has 0 aliphatic heterocycles. The van der Waals surface area contributed by atoms with Crippen molar-refractivity contribution in [2.75, 3.05) is 6.54 Å². The second kappa shape index (κ2) is 7.14. The summed E-state index contributed by atoms with van der Waals surface area (Å²) in [5.74, 6) is 0.139. The van der Waals surface area contributed by atoms with Gasteiger partial charge in [0.1, 0.15) is 0 Å². The Morgan fingerprint density at radius 1 is 1.40 bits per heavy atom. The molecular formula is C18H20ClN3O2S. The zero-order valence-corrected chi connectivity index (χ0v) is 16.2. The summed E-state index contributed by atoms with van der Waals surface area (Å²) in [5, 5.41) is 4.68. The third-order valence-corrected chi connectivity index (χ3v) is 5.32. The van der Waals surface area contributed by atoms with Crippen LogP contribution in [-0.2, 0) is 6.54 Å². The predicted octanol–water partition coefficient (Wildman–Crippen LogP) is 5.03. The van der Waals surface area contributed by atoms with Gasteiger partial charge >= 0.3 is 0 Å². The molecule has 3 rings (SSSR count). The molecule has 1 amide bonds. The molecule has 7 heteroatoms. The summed E-state index contributed by atoms with van der Waals surface area (Å²) in [4.78, 5) is 20.6. The number of hydrogen-bond acceptors (Lipinski definition) is 5. The molecule has 0 bridgehead atoms. The molecule has 0 saturated heterocycles. The molecule has 132 valence electrons. The van der Waals surface area contributed by atoms with E-state index in [0.29, 0.717) is 35.4 Å². The molecule has 0 atom stereocenters. The molecule has 0 N–H and O–H groups in total. The summed E-state index contributed by atoms with van der Waals surface area (Å²) >= 11 is 7.50. The normalized spacial score (nSPS) is 11.4. The summed E-state index contributed by atoms with van der Waals surface area (Å²) in [5.41, 5.74) is 2.51. The second-order valence-corrected chi connectivity index (χ2v) is 8.02. The fourth-order valence-electron chi connectivity index (χ4n) is 2.70. The van der Waals surface area contributed by atoms with Gasteiger partial charge in [0.25, 0.3) is 11.6 Å². The molecule has 0 aliphatic rings. The van der Waals surface area contributed by atoms with Crippen LogP contribution in [0.15, 0.2) is 22.7 Å². The van der Waals surface area contributed by atoms with Crippen LogP contribution >= 0.6 is 22.9 Å². The van der Waals surface area contributed by atoms with E-state index in [0.717, 1.165) is 14.9 Å². The predicted molar refractivity (Wildman–Crippen MR) is 100 cm³/mol. The van der Waals surface area contributed by atoms with E-state index in [-0.39, 0.29) is 11.8 Å². The molecule has 0 fully saturated rings. The van der Waals surface area contributed by atoms with Crippen LogP contribution in [0.2, 0.25) is 4.34 Å². The van der Waals surface area contributed by atoms with Gasteiger partial charge in [0, 0.05) is 17.1 Å². The minimum atomic E-state index is -0.0485. The van der Waals surface area contributed by atoms with Crippen LogP contribution in [0.5, 0.6) is 0 Å². The average molecular weight is 378 g/mol. The maximum atomic E-state index is 13.2. The Hall–Kier alpha value is -1.92. The zero-order chi connectivity index (χ0) is 18.1. The van der Waals surface area contributed by atoms with E-state index < -0.39 is 0 Å². The van der Waals surface area contributed by atoms with E-state index in [4.69, 9.17) is 16.1 Å². The van der Waals surface area contributed by atoms with Gasteiger partial charge in [0.05, 0.1) is 27.5 Å². The lowest BCUT2D eigenvalue weighted by Gasteiger charge is -2.21. The van der Waals surface area contributed by atoms with Crippen molar-refractivity contribution >= 4 is 39.9 Å². The highest BCUT2D eigenvalue weighted by molar-refractivity contribution is 7.16. The number of thiophene rings is 1. The van der Waals surface area contributed by atoms with Crippen LogP contribution in [0.4, 0.5) is 0 Å². The summed E-state index contributed by atoms with van der Waals surface area (Å²) in [6.45, 7) is 9.00. The molecule has 0 aromatic carbocycles. The highest BCUT2D eigenvalue weighted by Gasteiger charge is 2.23. The fraction of sp³-hybridized carbons (Fsp3) is 0.389. The first kappa shape index (κ1) is 17.9. The number of fused-ring (bicyclic) bond motifs is 1. The molecule has 0 saturated carbocycles. The Morgan fingerprint density at radius 3 is 2.76 bits per heavy atom. The number of aryl methyl sites for hydroxylation is 1. The quantitative estimate of drug-likeness (QED) is 0.625. The van der Waals surface area contributed by atoms with Crippen molar-refractivity contribution in [3.05, 3.63) is 44.4 Å². The molecule has 0 radical (unpaired) electrons. The number of amides is 1. The maximum Gasteiger partial charge on any atom is 0.259 e. The van der Waals surface area contributed by atoms with Crippen LogP contribution in [0.25, 0.3) is 11.1 Å². The third kappa shape index (κ3) is 3.55. The van der Waals surface area contributed by atoms with Gasteiger partial charge in [-0.1, -0.05) is 30.6 Å². The molecule has 0 aliphatic carbocycles. The van der Waals surface area contributed by atoms with Gasteiger partial charge in [-0.25, -0.2) is 4.98 Å².